The fourth-order valence-corrected chi connectivity index (χ4v) is 2.07. The Morgan fingerprint density at radius 2 is 2.25 bits per heavy atom. The van der Waals surface area contributed by atoms with Gasteiger partial charge in [0, 0.05) is 0 Å². The molecule has 0 aliphatic heterocycles. The fourth-order valence-electron chi connectivity index (χ4n) is 0.308. The average molecular weight is 231 g/mol. The van der Waals surface area contributed by atoms with Crippen molar-refractivity contribution in [3.8, 4) is 0 Å². The molecule has 8 heavy (non-hydrogen) atoms. The molecule has 0 aliphatic rings. The number of nitrogens with zero attached hydrogens (tertiary/aromatic N) is 1. The van der Waals surface area contributed by atoms with Gasteiger partial charge in [0.1, 0.15) is 0 Å². The van der Waals surface area contributed by atoms with Crippen molar-refractivity contribution in [1.82, 2.24) is 5.43 Å². The van der Waals surface area contributed by atoms with Crippen LogP contribution in [0.3, 0.4) is 0 Å². The van der Waals surface area contributed by atoms with Gasteiger partial charge in [-0.1, -0.05) is 0 Å². The van der Waals surface area contributed by atoms with Crippen LogP contribution in [0.15, 0.2) is 0 Å². The Morgan fingerprint density at radius 1 is 1.75 bits per heavy atom. The van der Waals surface area contributed by atoms with Gasteiger partial charge in [-0.3, -0.25) is 0 Å². The number of quaternary nitrogens is 1. The molecule has 0 rings (SSSR count). The van der Waals surface area contributed by atoms with Crippen LogP contribution in [0.25, 0.3) is 0 Å². The van der Waals surface area contributed by atoms with E-state index >= 15 is 0 Å². The van der Waals surface area contributed by atoms with Crippen LogP contribution in [-0.4, -0.2) is 21.4 Å². The molecule has 0 bridgehead atoms. The molecule has 0 fully saturated rings. The molecule has 0 aromatic heterocycles. The molecule has 3 N–H and O–H groups in total. The van der Waals surface area contributed by atoms with Crippen molar-refractivity contribution in [1.29, 1.82) is 0 Å². The first-order chi connectivity index (χ1) is 3.62. The van der Waals surface area contributed by atoms with Gasteiger partial charge in [0.2, 0.25) is 0 Å². The van der Waals surface area contributed by atoms with E-state index in [4.69, 9.17) is 5.84 Å². The molecule has 0 saturated carbocycles. The second-order valence-electron chi connectivity index (χ2n) is 1.57. The van der Waals surface area contributed by atoms with E-state index in [1.54, 1.807) is 0 Å². The van der Waals surface area contributed by atoms with Gasteiger partial charge in [0.15, 0.2) is 0 Å². The summed E-state index contributed by atoms with van der Waals surface area (Å²) in [6.45, 7) is 2.16. The number of halogens is 1. The summed E-state index contributed by atoms with van der Waals surface area (Å²) < 4.78 is 1.74. The van der Waals surface area contributed by atoms with Crippen LogP contribution in [0.5, 0.6) is 0 Å². The van der Waals surface area contributed by atoms with Crippen LogP contribution in [-0.2, 0) is 0 Å². The predicted molar refractivity (Wildman–Crippen MR) is 30.0 cm³/mol. The molecule has 0 spiro atoms. The number of nitrogens with two attached hydrogens (primary N) is 1. The summed E-state index contributed by atoms with van der Waals surface area (Å²) >= 11 is 0.0857. The first kappa shape index (κ1) is 8.61. The fraction of sp³-hybridized carbons (Fsp3) is 1.00. The summed E-state index contributed by atoms with van der Waals surface area (Å²) in [4.78, 5) is 0. The van der Waals surface area contributed by atoms with E-state index in [-0.39, 0.29) is 21.5 Å². The zero-order valence-corrected chi connectivity index (χ0v) is 7.77. The Morgan fingerprint density at radius 3 is 2.38 bits per heavy atom. The van der Waals surface area contributed by atoms with Crippen molar-refractivity contribution in [3.05, 3.63) is 0 Å². The molecule has 0 aromatic carbocycles. The Kier molecular flexibility index (Phi) is 3.87. The van der Waals surface area contributed by atoms with Crippen LogP contribution in [0.2, 0.25) is 0 Å². The van der Waals surface area contributed by atoms with Crippen molar-refractivity contribution in [2.45, 2.75) is 6.92 Å². The van der Waals surface area contributed by atoms with Gasteiger partial charge in [-0.05, 0) is 0 Å². The molecule has 0 aromatic rings. The Bertz CT molecular complexity index is 64.3. The summed E-state index contributed by atoms with van der Waals surface area (Å²) in [7, 11) is 3.87. The van der Waals surface area contributed by atoms with Crippen LogP contribution in [0.1, 0.15) is 6.92 Å². The minimum absolute atomic E-state index is 0.0857. The SMILES string of the molecule is CC[I-][N+](C)(N)NC. The van der Waals surface area contributed by atoms with E-state index in [9.17, 15) is 0 Å². The van der Waals surface area contributed by atoms with Crippen molar-refractivity contribution >= 4 is 0 Å². The molecular weight excluding hydrogens is 217 g/mol. The summed E-state index contributed by atoms with van der Waals surface area (Å²) in [5.74, 6) is 5.70. The van der Waals surface area contributed by atoms with Crippen LogP contribution >= 0.6 is 0 Å². The predicted octanol–water partition coefficient (Wildman–Crippen LogP) is -3.53. The molecule has 0 amide bonds. The maximum absolute atomic E-state index is 5.70. The van der Waals surface area contributed by atoms with E-state index in [1.807, 2.05) is 14.1 Å². The van der Waals surface area contributed by atoms with Gasteiger partial charge < -0.3 is 0 Å². The van der Waals surface area contributed by atoms with Gasteiger partial charge in [0.05, 0.1) is 0 Å². The average Bonchev–Trinajstić information content (AvgIpc) is 1.67. The van der Waals surface area contributed by atoms with Crippen molar-refractivity contribution in [2.75, 3.05) is 18.5 Å². The van der Waals surface area contributed by atoms with E-state index in [0.717, 1.165) is 0 Å². The minimum atomic E-state index is 0.0857. The third-order valence-corrected chi connectivity index (χ3v) is 3.39. The summed E-state index contributed by atoms with van der Waals surface area (Å²) in [6.07, 6.45) is 0. The maximum atomic E-state index is 5.70. The van der Waals surface area contributed by atoms with Crippen LogP contribution < -0.4 is 32.7 Å². The third kappa shape index (κ3) is 3.59. The Hall–Kier alpha value is 0.610. The molecule has 0 radical (unpaired) electrons. The van der Waals surface area contributed by atoms with Gasteiger partial charge in [-0.2, -0.15) is 0 Å². The van der Waals surface area contributed by atoms with Crippen molar-refractivity contribution in [3.63, 3.8) is 0 Å². The molecule has 0 aliphatic carbocycles. The standard InChI is InChI=1S/C4H14IN3/c1-4-5-8(3,6)7-2/h7H,4,6H2,1-3H3. The van der Waals surface area contributed by atoms with Gasteiger partial charge in [-0.15, -0.1) is 0 Å². The normalized spacial score (nSPS) is 18.5. The number of rotatable bonds is 3. The molecule has 3 nitrogen and oxygen atoms in total. The van der Waals surface area contributed by atoms with Crippen molar-refractivity contribution in [2.24, 2.45) is 5.84 Å². The van der Waals surface area contributed by atoms with Crippen LogP contribution in [0.4, 0.5) is 0 Å². The van der Waals surface area contributed by atoms with E-state index in [0.29, 0.717) is 2.91 Å². The first-order valence-corrected chi connectivity index (χ1v) is 5.06. The van der Waals surface area contributed by atoms with Crippen LogP contribution in [0, 0.1) is 0 Å². The zero-order valence-electron chi connectivity index (χ0n) is 5.61. The van der Waals surface area contributed by atoms with Gasteiger partial charge in [0.25, 0.3) is 0 Å². The first-order valence-electron chi connectivity index (χ1n) is 2.57. The molecule has 52 valence electrons. The van der Waals surface area contributed by atoms with E-state index < -0.39 is 0 Å². The summed E-state index contributed by atoms with van der Waals surface area (Å²) in [5, 5.41) is 0. The number of nitrogens with one attached hydrogen (secondary N) is 1. The summed E-state index contributed by atoms with van der Waals surface area (Å²) in [5.41, 5.74) is 3.01. The quantitative estimate of drug-likeness (QED) is 0.174. The second kappa shape index (κ2) is 3.60. The number of alkyl halides is 1. The second-order valence-corrected chi connectivity index (χ2v) is 5.78. The third-order valence-electron chi connectivity index (χ3n) is 0.805. The molecular formula is C4H14IN3. The monoisotopic (exact) mass is 231 g/mol. The molecule has 0 saturated heterocycles. The van der Waals surface area contributed by atoms with Gasteiger partial charge >= 0.3 is 61.1 Å². The van der Waals surface area contributed by atoms with Crippen molar-refractivity contribution < 1.29 is 24.4 Å². The molecule has 4 heteroatoms. The molecule has 1 unspecified atom stereocenters. The Balaban J connectivity index is 3.37. The van der Waals surface area contributed by atoms with E-state index in [2.05, 4.69) is 12.3 Å². The zero-order chi connectivity index (χ0) is 6.62. The van der Waals surface area contributed by atoms with Gasteiger partial charge in [-0.25, -0.2) is 0 Å². The van der Waals surface area contributed by atoms with E-state index in [1.165, 1.54) is 4.43 Å². The number of hydrogen-bond donors (Lipinski definition) is 2. The summed E-state index contributed by atoms with van der Waals surface area (Å²) in [6, 6.07) is 0. The molecule has 0 heterocycles. The number of hydrogen-bond acceptors (Lipinski definition) is 2. The Labute approximate surface area is 61.4 Å². The molecule has 1 atom stereocenters. The topological polar surface area (TPSA) is 38.0 Å².